The van der Waals surface area contributed by atoms with Crippen molar-refractivity contribution < 1.29 is 4.79 Å². The van der Waals surface area contributed by atoms with Crippen LogP contribution < -0.4 is 5.32 Å². The van der Waals surface area contributed by atoms with E-state index in [-0.39, 0.29) is 5.91 Å². The summed E-state index contributed by atoms with van der Waals surface area (Å²) in [6.45, 7) is 6.23. The van der Waals surface area contributed by atoms with Crippen molar-refractivity contribution in [2.45, 2.75) is 29.1 Å². The van der Waals surface area contributed by atoms with Gasteiger partial charge < -0.3 is 15.1 Å². The molecule has 5 nitrogen and oxygen atoms in total. The predicted octanol–water partition coefficient (Wildman–Crippen LogP) is 4.85. The monoisotopic (exact) mass is 562 g/mol. The Balaban J connectivity index is 1.41. The molecular formula is C25H31IN4OS. The van der Waals surface area contributed by atoms with Crippen LogP contribution in [0.2, 0.25) is 0 Å². The van der Waals surface area contributed by atoms with Gasteiger partial charge in [-0.25, -0.2) is 0 Å². The molecule has 0 unspecified atom stereocenters. The molecule has 0 aromatic heterocycles. The van der Waals surface area contributed by atoms with Crippen molar-refractivity contribution in [3.8, 4) is 0 Å². The summed E-state index contributed by atoms with van der Waals surface area (Å²) in [5.74, 6) is -0.0121. The molecule has 4 rings (SSSR count). The van der Waals surface area contributed by atoms with E-state index in [4.69, 9.17) is 4.99 Å². The summed E-state index contributed by atoms with van der Waals surface area (Å²) >= 11 is 4.16. The summed E-state index contributed by atoms with van der Waals surface area (Å²) in [5.41, 5.74) is 3.92. The number of aliphatic imine (C=N–C) groups is 1. The minimum absolute atomic E-state index is 0.0121. The van der Waals surface area contributed by atoms with Gasteiger partial charge in [-0.15, -0.1) is 0 Å². The Morgan fingerprint density at radius 2 is 1.91 bits per heavy atom. The highest BCUT2D eigenvalue weighted by Gasteiger charge is 2.19. The van der Waals surface area contributed by atoms with Gasteiger partial charge in [0.1, 0.15) is 0 Å². The Labute approximate surface area is 209 Å². The summed E-state index contributed by atoms with van der Waals surface area (Å²) in [7, 11) is 2.17. The second kappa shape index (κ2) is 11.6. The van der Waals surface area contributed by atoms with Crippen LogP contribution in [0.4, 0.5) is 5.69 Å². The number of rotatable bonds is 8. The van der Waals surface area contributed by atoms with E-state index < -0.39 is 0 Å². The van der Waals surface area contributed by atoms with Crippen molar-refractivity contribution >= 4 is 51.7 Å². The molecule has 7 heteroatoms. The van der Waals surface area contributed by atoms with E-state index in [2.05, 4.69) is 69.0 Å². The third-order valence-electron chi connectivity index (χ3n) is 5.97. The summed E-state index contributed by atoms with van der Waals surface area (Å²) in [4.78, 5) is 25.0. The van der Waals surface area contributed by atoms with Gasteiger partial charge in [0.15, 0.2) is 0 Å². The third-order valence-corrected chi connectivity index (χ3v) is 7.88. The van der Waals surface area contributed by atoms with Crippen molar-refractivity contribution in [1.82, 2.24) is 15.1 Å². The molecule has 1 amide bonds. The molecule has 2 aliphatic heterocycles. The highest BCUT2D eigenvalue weighted by molar-refractivity contribution is 14.1. The first kappa shape index (κ1) is 23.7. The second-order valence-electron chi connectivity index (χ2n) is 8.39. The number of nitrogens with zero attached hydrogens (tertiary/aromatic N) is 3. The maximum atomic E-state index is 12.8. The number of piperazine rings is 1. The normalized spacial score (nSPS) is 16.6. The maximum absolute atomic E-state index is 12.8. The molecule has 0 atom stereocenters. The SMILES string of the molecule is CN1CCN(CCCNC(=O)c2ccc3c(c2)N=C(CCCI)c2ccccc2S3)CC1. The van der Waals surface area contributed by atoms with E-state index in [0.717, 1.165) is 72.7 Å². The number of alkyl halides is 1. The molecule has 0 radical (unpaired) electrons. The highest BCUT2D eigenvalue weighted by Crippen LogP contribution is 2.41. The van der Waals surface area contributed by atoms with Gasteiger partial charge in [-0.1, -0.05) is 52.6 Å². The van der Waals surface area contributed by atoms with Crippen LogP contribution >= 0.6 is 34.4 Å². The second-order valence-corrected chi connectivity index (χ2v) is 10.5. The average molecular weight is 563 g/mol. The van der Waals surface area contributed by atoms with Crippen LogP contribution in [-0.2, 0) is 0 Å². The smallest absolute Gasteiger partial charge is 0.251 e. The number of amides is 1. The van der Waals surface area contributed by atoms with Crippen molar-refractivity contribution in [2.24, 2.45) is 4.99 Å². The van der Waals surface area contributed by atoms with E-state index in [0.29, 0.717) is 12.1 Å². The first-order valence-electron chi connectivity index (χ1n) is 11.4. The Morgan fingerprint density at radius 3 is 2.72 bits per heavy atom. The summed E-state index contributed by atoms with van der Waals surface area (Å²) < 4.78 is 1.11. The molecule has 0 spiro atoms. The van der Waals surface area contributed by atoms with Crippen LogP contribution in [0.25, 0.3) is 0 Å². The third kappa shape index (κ3) is 6.12. The van der Waals surface area contributed by atoms with Crippen molar-refractivity contribution in [3.63, 3.8) is 0 Å². The lowest BCUT2D eigenvalue weighted by molar-refractivity contribution is 0.0949. The molecule has 0 aliphatic carbocycles. The van der Waals surface area contributed by atoms with E-state index >= 15 is 0 Å². The minimum Gasteiger partial charge on any atom is -0.352 e. The molecule has 1 fully saturated rings. The van der Waals surface area contributed by atoms with Gasteiger partial charge in [0.05, 0.1) is 5.69 Å². The lowest BCUT2D eigenvalue weighted by Gasteiger charge is -2.32. The number of likely N-dealkylation sites (N-methyl/N-ethyl adjacent to an activating group) is 1. The van der Waals surface area contributed by atoms with Gasteiger partial charge in [0, 0.05) is 59.4 Å². The van der Waals surface area contributed by atoms with Crippen LogP contribution in [0.15, 0.2) is 57.2 Å². The number of nitrogens with one attached hydrogen (secondary N) is 1. The van der Waals surface area contributed by atoms with E-state index in [1.54, 1.807) is 11.8 Å². The average Bonchev–Trinajstić information content (AvgIpc) is 2.97. The maximum Gasteiger partial charge on any atom is 0.251 e. The zero-order valence-electron chi connectivity index (χ0n) is 18.6. The first-order chi connectivity index (χ1) is 15.6. The Kier molecular flexibility index (Phi) is 8.62. The highest BCUT2D eigenvalue weighted by atomic mass is 127. The van der Waals surface area contributed by atoms with Crippen molar-refractivity contribution in [1.29, 1.82) is 0 Å². The fraction of sp³-hybridized carbons (Fsp3) is 0.440. The van der Waals surface area contributed by atoms with Crippen molar-refractivity contribution in [2.75, 3.05) is 50.7 Å². The fourth-order valence-electron chi connectivity index (χ4n) is 4.05. The molecule has 2 aromatic carbocycles. The van der Waals surface area contributed by atoms with Gasteiger partial charge in [-0.3, -0.25) is 9.79 Å². The van der Waals surface area contributed by atoms with Crippen LogP contribution in [0.3, 0.4) is 0 Å². The van der Waals surface area contributed by atoms with Crippen LogP contribution in [-0.4, -0.2) is 72.2 Å². The number of halogens is 1. The number of benzene rings is 2. The molecular weight excluding hydrogens is 531 g/mol. The molecule has 1 saturated heterocycles. The summed E-state index contributed by atoms with van der Waals surface area (Å²) in [5, 5.41) is 3.10. The Morgan fingerprint density at radius 1 is 1.09 bits per heavy atom. The lowest BCUT2D eigenvalue weighted by Crippen LogP contribution is -2.45. The molecule has 1 N–H and O–H groups in total. The van der Waals surface area contributed by atoms with Gasteiger partial charge >= 0.3 is 0 Å². The summed E-state index contributed by atoms with van der Waals surface area (Å²) in [6, 6.07) is 14.4. The van der Waals surface area contributed by atoms with Gasteiger partial charge in [-0.05, 0) is 61.5 Å². The zero-order chi connectivity index (χ0) is 22.3. The Bertz CT molecular complexity index is 972. The number of carbonyl (C=O) groups excluding carboxylic acids is 1. The van der Waals surface area contributed by atoms with Crippen LogP contribution in [0.1, 0.15) is 35.2 Å². The predicted molar refractivity (Wildman–Crippen MR) is 142 cm³/mol. The van der Waals surface area contributed by atoms with Crippen LogP contribution in [0, 0.1) is 0 Å². The van der Waals surface area contributed by atoms with Gasteiger partial charge in [-0.2, -0.15) is 0 Å². The van der Waals surface area contributed by atoms with Gasteiger partial charge in [0.2, 0.25) is 0 Å². The Hall–Kier alpha value is -1.42. The number of fused-ring (bicyclic) bond motifs is 2. The molecule has 0 saturated carbocycles. The number of hydrogen-bond donors (Lipinski definition) is 1. The van der Waals surface area contributed by atoms with Crippen LogP contribution in [0.5, 0.6) is 0 Å². The molecule has 2 aromatic rings. The zero-order valence-corrected chi connectivity index (χ0v) is 21.6. The molecule has 2 aliphatic rings. The minimum atomic E-state index is -0.0121. The van der Waals surface area contributed by atoms with E-state index in [9.17, 15) is 4.79 Å². The largest absolute Gasteiger partial charge is 0.352 e. The topological polar surface area (TPSA) is 47.9 Å². The fourth-order valence-corrected chi connectivity index (χ4v) is 5.46. The standard InChI is InChI=1S/C25H31IN4OS/c1-29-14-16-30(17-15-29)13-5-12-27-25(31)19-9-10-24-22(18-19)28-21(7-4-11-26)20-6-2-3-8-23(20)32-24/h2-3,6,8-10,18H,4-5,7,11-17H2,1H3,(H,27,31). The van der Waals surface area contributed by atoms with E-state index in [1.807, 2.05) is 18.2 Å². The van der Waals surface area contributed by atoms with Gasteiger partial charge in [0.25, 0.3) is 5.91 Å². The lowest BCUT2D eigenvalue weighted by atomic mass is 10.1. The molecule has 0 bridgehead atoms. The first-order valence-corrected chi connectivity index (χ1v) is 13.7. The molecule has 170 valence electrons. The number of hydrogen-bond acceptors (Lipinski definition) is 5. The molecule has 2 heterocycles. The number of carbonyl (C=O) groups is 1. The van der Waals surface area contributed by atoms with E-state index in [1.165, 1.54) is 10.5 Å². The quantitative estimate of drug-likeness (QED) is 0.284. The summed E-state index contributed by atoms with van der Waals surface area (Å²) in [6.07, 6.45) is 3.02. The molecule has 32 heavy (non-hydrogen) atoms. The van der Waals surface area contributed by atoms with Crippen molar-refractivity contribution in [3.05, 3.63) is 53.6 Å².